The number of urea groups is 1. The number of hydrogen-bond acceptors (Lipinski definition) is 11. The quantitative estimate of drug-likeness (QED) is 0.101. The Morgan fingerprint density at radius 1 is 1.12 bits per heavy atom. The van der Waals surface area contributed by atoms with Gasteiger partial charge in [-0.1, -0.05) is 23.7 Å². The zero-order chi connectivity index (χ0) is 38.3. The number of esters is 1. The van der Waals surface area contributed by atoms with E-state index in [1.807, 2.05) is 4.72 Å². The number of carbonyl (C=O) groups excluding carboxylic acids is 2. The number of amides is 2. The number of aryl methyl sites for hydroxylation is 2. The van der Waals surface area contributed by atoms with E-state index in [-0.39, 0.29) is 62.8 Å². The standard InChI is InChI=1S/C15H12BrClF4N2O2.C14H16ClN5O5S/c1-6(2)25-14(24)7-4-8(10(18)5-9(7)17)12-11(16)13(15(19,20)21)23(3)22-12;1-9-16-12(19-14(17-9)24-2)18-13(21)20-26(22,23)11-6-4-3-5-10(11)25-8-7-15/h4-6H,1-3H3;3-6H,7-8H2,1-2H3,(H2,16,17,18,19,20,21). The molecule has 0 aliphatic rings. The Balaban J connectivity index is 0.000000276. The van der Waals surface area contributed by atoms with Gasteiger partial charge in [0.05, 0.1) is 34.2 Å². The number of para-hydroxylation sites is 1. The van der Waals surface area contributed by atoms with Crippen molar-refractivity contribution < 1.29 is 49.8 Å². The second-order valence-electron chi connectivity index (χ2n) is 10.1. The molecule has 0 aliphatic heterocycles. The number of ether oxygens (including phenoxy) is 3. The Labute approximate surface area is 307 Å². The van der Waals surface area contributed by atoms with Crippen LogP contribution in [0.15, 0.2) is 45.8 Å². The summed E-state index contributed by atoms with van der Waals surface area (Å²) in [4.78, 5) is 35.4. The van der Waals surface area contributed by atoms with Crippen LogP contribution in [-0.2, 0) is 28.0 Å². The molecule has 51 heavy (non-hydrogen) atoms. The highest BCUT2D eigenvalue weighted by Gasteiger charge is 2.39. The molecule has 4 aromatic rings. The average Bonchev–Trinajstić information content (AvgIpc) is 3.32. The first kappa shape index (κ1) is 41.2. The van der Waals surface area contributed by atoms with Crippen LogP contribution in [0.3, 0.4) is 0 Å². The van der Waals surface area contributed by atoms with E-state index in [2.05, 4.69) is 41.3 Å². The molecule has 0 radical (unpaired) electrons. The second-order valence-corrected chi connectivity index (χ2v) is 13.4. The van der Waals surface area contributed by atoms with Gasteiger partial charge in [0.2, 0.25) is 5.95 Å². The van der Waals surface area contributed by atoms with Crippen LogP contribution in [0, 0.1) is 12.7 Å². The van der Waals surface area contributed by atoms with E-state index in [9.17, 15) is 35.6 Å². The summed E-state index contributed by atoms with van der Waals surface area (Å²) in [5.74, 6) is -1.35. The van der Waals surface area contributed by atoms with Crippen molar-refractivity contribution in [2.75, 3.05) is 24.9 Å². The van der Waals surface area contributed by atoms with E-state index < -0.39 is 50.3 Å². The van der Waals surface area contributed by atoms with Gasteiger partial charge in [-0.15, -0.1) is 11.6 Å². The van der Waals surface area contributed by atoms with E-state index in [4.69, 9.17) is 37.4 Å². The normalized spacial score (nSPS) is 11.4. The smallest absolute Gasteiger partial charge is 0.434 e. The fraction of sp³-hybridized carbons (Fsp3) is 0.310. The molecule has 0 saturated heterocycles. The second kappa shape index (κ2) is 17.3. The summed E-state index contributed by atoms with van der Waals surface area (Å²) in [6.07, 6.45) is -5.14. The highest BCUT2D eigenvalue weighted by Crippen LogP contribution is 2.41. The first-order valence-corrected chi connectivity index (χ1v) is 17.4. The largest absolute Gasteiger partial charge is 0.491 e. The molecule has 2 amide bonds. The third kappa shape index (κ3) is 10.9. The molecule has 0 fully saturated rings. The minimum absolute atomic E-state index is 0.0181. The molecule has 0 atom stereocenters. The molecule has 2 N–H and O–H groups in total. The zero-order valence-corrected chi connectivity index (χ0v) is 31.0. The lowest BCUT2D eigenvalue weighted by Crippen LogP contribution is -2.35. The summed E-state index contributed by atoms with van der Waals surface area (Å²) >= 11 is 14.2. The van der Waals surface area contributed by atoms with E-state index in [0.717, 1.165) is 19.2 Å². The van der Waals surface area contributed by atoms with Crippen molar-refractivity contribution in [3.63, 3.8) is 0 Å². The van der Waals surface area contributed by atoms with Gasteiger partial charge in [-0.3, -0.25) is 10.00 Å². The summed E-state index contributed by atoms with van der Waals surface area (Å²) < 4.78 is 95.5. The number of carbonyl (C=O) groups is 2. The van der Waals surface area contributed by atoms with Crippen molar-refractivity contribution in [3.8, 4) is 23.0 Å². The molecule has 0 saturated carbocycles. The summed E-state index contributed by atoms with van der Waals surface area (Å²) in [6.45, 7) is 4.90. The van der Waals surface area contributed by atoms with Crippen molar-refractivity contribution >= 4 is 67.1 Å². The monoisotopic (exact) mass is 843 g/mol. The van der Waals surface area contributed by atoms with Gasteiger partial charge < -0.3 is 14.2 Å². The number of rotatable bonds is 10. The lowest BCUT2D eigenvalue weighted by Gasteiger charge is -2.12. The molecule has 2 aromatic carbocycles. The molecule has 22 heteroatoms. The van der Waals surface area contributed by atoms with Gasteiger partial charge in [0.1, 0.15) is 34.6 Å². The molecule has 2 heterocycles. The van der Waals surface area contributed by atoms with Gasteiger partial charge in [0.25, 0.3) is 10.0 Å². The lowest BCUT2D eigenvalue weighted by atomic mass is 10.1. The molecular weight excluding hydrogens is 817 g/mol. The van der Waals surface area contributed by atoms with Gasteiger partial charge >= 0.3 is 24.2 Å². The van der Waals surface area contributed by atoms with Crippen LogP contribution in [0.5, 0.6) is 11.8 Å². The number of methoxy groups -OCH3 is 1. The van der Waals surface area contributed by atoms with Crippen LogP contribution in [-0.4, -0.2) is 70.9 Å². The number of alkyl halides is 4. The first-order chi connectivity index (χ1) is 23.8. The third-order valence-electron chi connectivity index (χ3n) is 5.97. The van der Waals surface area contributed by atoms with Crippen LogP contribution in [0.2, 0.25) is 5.02 Å². The number of nitrogens with one attached hydrogen (secondary N) is 2. The molecule has 276 valence electrons. The van der Waals surface area contributed by atoms with Crippen molar-refractivity contribution in [2.24, 2.45) is 7.05 Å². The van der Waals surface area contributed by atoms with Crippen molar-refractivity contribution in [1.82, 2.24) is 29.5 Å². The first-order valence-electron chi connectivity index (χ1n) is 14.2. The van der Waals surface area contributed by atoms with Gasteiger partial charge in [0.15, 0.2) is 5.69 Å². The minimum Gasteiger partial charge on any atom is -0.491 e. The third-order valence-corrected chi connectivity index (χ3v) is 8.56. The van der Waals surface area contributed by atoms with Crippen LogP contribution in [0.4, 0.5) is 28.3 Å². The van der Waals surface area contributed by atoms with Crippen LogP contribution < -0.4 is 19.5 Å². The van der Waals surface area contributed by atoms with Gasteiger partial charge in [-0.25, -0.2) is 27.1 Å². The molecule has 0 aliphatic carbocycles. The van der Waals surface area contributed by atoms with E-state index >= 15 is 0 Å². The van der Waals surface area contributed by atoms with Crippen molar-refractivity contribution in [1.29, 1.82) is 0 Å². The Hall–Kier alpha value is -4.27. The SMILES string of the molecule is CC(C)OC(=O)c1cc(-c2nn(C)c(C(F)(F)F)c2Br)c(F)cc1Cl.COc1nc(C)nc(NC(=O)NS(=O)(=O)c2ccccc2OCCCl)n1. The molecule has 0 bridgehead atoms. The molecule has 0 unspecified atom stereocenters. The Kier molecular flexibility index (Phi) is 14.0. The molecule has 0 spiro atoms. The minimum atomic E-state index is -4.69. The van der Waals surface area contributed by atoms with E-state index in [1.165, 1.54) is 25.3 Å². The summed E-state index contributed by atoms with van der Waals surface area (Å²) in [6, 6.07) is 6.65. The Bertz CT molecular complexity index is 2020. The van der Waals surface area contributed by atoms with Crippen LogP contribution in [0.1, 0.15) is 35.7 Å². The fourth-order valence-corrected chi connectivity index (χ4v) is 6.12. The maximum absolute atomic E-state index is 14.3. The number of anilines is 1. The number of nitrogens with zero attached hydrogens (tertiary/aromatic N) is 5. The number of hydrogen-bond donors (Lipinski definition) is 2. The summed E-state index contributed by atoms with van der Waals surface area (Å²) in [5.41, 5.74) is -1.86. The predicted octanol–water partition coefficient (Wildman–Crippen LogP) is 6.54. The topological polar surface area (TPSA) is 177 Å². The van der Waals surface area contributed by atoms with Crippen molar-refractivity contribution in [3.05, 3.63) is 68.8 Å². The summed E-state index contributed by atoms with van der Waals surface area (Å²) in [7, 11) is -1.77. The molecule has 14 nitrogen and oxygen atoms in total. The van der Waals surface area contributed by atoms with Crippen LogP contribution in [0.25, 0.3) is 11.3 Å². The molecular formula is C29H28BrCl2F4N7O7S. The number of halogens is 7. The number of benzene rings is 2. The van der Waals surface area contributed by atoms with Gasteiger partial charge in [-0.2, -0.15) is 33.2 Å². The zero-order valence-electron chi connectivity index (χ0n) is 27.1. The number of sulfonamides is 1. The van der Waals surface area contributed by atoms with Gasteiger partial charge in [-0.05, 0) is 61.0 Å². The number of aromatic nitrogens is 5. The molecule has 2 aromatic heterocycles. The lowest BCUT2D eigenvalue weighted by molar-refractivity contribution is -0.144. The highest BCUT2D eigenvalue weighted by atomic mass is 79.9. The van der Waals surface area contributed by atoms with E-state index in [1.54, 1.807) is 26.8 Å². The highest BCUT2D eigenvalue weighted by molar-refractivity contribution is 9.10. The summed E-state index contributed by atoms with van der Waals surface area (Å²) in [5, 5.41) is 5.71. The maximum atomic E-state index is 14.3. The predicted molar refractivity (Wildman–Crippen MR) is 180 cm³/mol. The fourth-order valence-electron chi connectivity index (χ4n) is 3.99. The molecule has 4 rings (SSSR count). The van der Waals surface area contributed by atoms with Gasteiger partial charge in [0, 0.05) is 12.6 Å². The maximum Gasteiger partial charge on any atom is 0.434 e. The Morgan fingerprint density at radius 3 is 2.37 bits per heavy atom. The van der Waals surface area contributed by atoms with Crippen molar-refractivity contribution in [2.45, 2.75) is 37.9 Å². The van der Waals surface area contributed by atoms with E-state index in [0.29, 0.717) is 4.68 Å². The average molecular weight is 845 g/mol. The Morgan fingerprint density at radius 2 is 1.78 bits per heavy atom. The van der Waals surface area contributed by atoms with Crippen LogP contribution >= 0.6 is 39.1 Å².